The molecule has 0 heterocycles. The summed E-state index contributed by atoms with van der Waals surface area (Å²) >= 11 is 0. The zero-order valence-electron chi connectivity index (χ0n) is 15.4. The number of ether oxygens (including phenoxy) is 1. The summed E-state index contributed by atoms with van der Waals surface area (Å²) in [7, 11) is 1.70. The van der Waals surface area contributed by atoms with Crippen LogP contribution in [-0.4, -0.2) is 29.8 Å². The molecular weight excluding hydrogens is 302 g/mol. The number of nitrogens with two attached hydrogens (primary N) is 1. The molecule has 3 N–H and O–H groups in total. The van der Waals surface area contributed by atoms with Gasteiger partial charge in [0.1, 0.15) is 11.5 Å². The number of aliphatic hydroxyl groups excluding tert-OH is 1. The van der Waals surface area contributed by atoms with Gasteiger partial charge in [0, 0.05) is 37.7 Å². The molecule has 24 heavy (non-hydrogen) atoms. The predicted molar refractivity (Wildman–Crippen MR) is 92.1 cm³/mol. The van der Waals surface area contributed by atoms with Crippen molar-refractivity contribution in [3.8, 4) is 0 Å². The summed E-state index contributed by atoms with van der Waals surface area (Å²) in [5, 5.41) is 10.8. The highest BCUT2D eigenvalue weighted by atomic mass is 16.5. The molecule has 0 radical (unpaired) electrons. The Labute approximate surface area is 145 Å². The van der Waals surface area contributed by atoms with Gasteiger partial charge in [0.2, 0.25) is 0 Å². The average Bonchev–Trinajstić information content (AvgIpc) is 2.75. The van der Waals surface area contributed by atoms with E-state index in [1.165, 1.54) is 0 Å². The van der Waals surface area contributed by atoms with E-state index in [1.807, 2.05) is 0 Å². The second-order valence-electron chi connectivity index (χ2n) is 9.69. The lowest BCUT2D eigenvalue weighted by Gasteiger charge is -2.61. The van der Waals surface area contributed by atoms with Crippen LogP contribution < -0.4 is 5.73 Å². The molecule has 4 saturated carbocycles. The van der Waals surface area contributed by atoms with Crippen LogP contribution in [0.5, 0.6) is 0 Å². The number of methoxy groups -OCH3 is 1. The first-order valence-corrected chi connectivity index (χ1v) is 9.78. The highest BCUT2D eigenvalue weighted by Gasteiger charge is 2.66. The quantitative estimate of drug-likeness (QED) is 0.723. The number of carbonyl (C=O) groups is 1. The van der Waals surface area contributed by atoms with Crippen molar-refractivity contribution < 1.29 is 14.6 Å². The fraction of sp³-hybridized carbons (Fsp3) is 0.950. The number of hydrogen-bond acceptors (Lipinski definition) is 4. The van der Waals surface area contributed by atoms with Crippen LogP contribution in [0.3, 0.4) is 0 Å². The van der Waals surface area contributed by atoms with Crippen molar-refractivity contribution in [2.75, 3.05) is 7.11 Å². The lowest BCUT2D eigenvalue weighted by atomic mass is 9.44. The minimum absolute atomic E-state index is 0.125. The fourth-order valence-electron chi connectivity index (χ4n) is 7.45. The molecule has 0 spiro atoms. The Bertz CT molecular complexity index is 551. The zero-order valence-corrected chi connectivity index (χ0v) is 15.4. The summed E-state index contributed by atoms with van der Waals surface area (Å²) in [6.07, 6.45) is 7.20. The number of Topliss-reactive ketones (excluding diaryl/α,β-unsaturated/α-hetero) is 1. The standard InChI is InChI=1S/C20H33NO3/c1-18-8-6-13(22)10-12(18)4-5-14-15(18)7-9-19(2)16(23)11-20(21,24-3)17(14)19/h12,14-17,23H,4-11,21H2,1-3H3/t12-,14+,15-,16-,17-,18-,19+,20?/m0/s1. The van der Waals surface area contributed by atoms with E-state index in [0.29, 0.717) is 30.0 Å². The van der Waals surface area contributed by atoms with Gasteiger partial charge in [-0.25, -0.2) is 0 Å². The first-order valence-electron chi connectivity index (χ1n) is 9.78. The van der Waals surface area contributed by atoms with Gasteiger partial charge >= 0.3 is 0 Å². The van der Waals surface area contributed by atoms with E-state index < -0.39 is 5.72 Å². The molecule has 0 aliphatic heterocycles. The Morgan fingerprint density at radius 1 is 1.17 bits per heavy atom. The predicted octanol–water partition coefficient (Wildman–Crippen LogP) is 2.87. The van der Waals surface area contributed by atoms with Crippen LogP contribution in [0.4, 0.5) is 0 Å². The van der Waals surface area contributed by atoms with Crippen LogP contribution in [0.1, 0.15) is 65.2 Å². The van der Waals surface area contributed by atoms with Crippen molar-refractivity contribution in [2.45, 2.75) is 77.0 Å². The van der Waals surface area contributed by atoms with Crippen LogP contribution in [0, 0.1) is 34.5 Å². The first kappa shape index (κ1) is 17.0. The number of aliphatic hydroxyl groups is 1. The molecule has 0 aromatic carbocycles. The summed E-state index contributed by atoms with van der Waals surface area (Å²) in [6.45, 7) is 4.66. The third-order valence-electron chi connectivity index (χ3n) is 8.87. The first-order chi connectivity index (χ1) is 11.2. The van der Waals surface area contributed by atoms with E-state index in [9.17, 15) is 9.90 Å². The molecule has 4 fully saturated rings. The third-order valence-corrected chi connectivity index (χ3v) is 8.87. The lowest BCUT2D eigenvalue weighted by Crippen LogP contribution is -2.60. The molecule has 4 aliphatic rings. The molecule has 0 saturated heterocycles. The number of hydrogen-bond donors (Lipinski definition) is 2. The minimum Gasteiger partial charge on any atom is -0.392 e. The van der Waals surface area contributed by atoms with Gasteiger partial charge in [-0.1, -0.05) is 13.8 Å². The molecular formula is C20H33NO3. The molecule has 136 valence electrons. The maximum Gasteiger partial charge on any atom is 0.133 e. The third kappa shape index (κ3) is 2.05. The van der Waals surface area contributed by atoms with Gasteiger partial charge in [0.05, 0.1) is 6.10 Å². The summed E-state index contributed by atoms with van der Waals surface area (Å²) < 4.78 is 5.80. The van der Waals surface area contributed by atoms with E-state index in [4.69, 9.17) is 10.5 Å². The van der Waals surface area contributed by atoms with Crippen molar-refractivity contribution in [3.05, 3.63) is 0 Å². The van der Waals surface area contributed by atoms with E-state index in [0.717, 1.165) is 44.9 Å². The molecule has 4 rings (SSSR count). The summed E-state index contributed by atoms with van der Waals surface area (Å²) in [5.41, 5.74) is 6.13. The largest absolute Gasteiger partial charge is 0.392 e. The van der Waals surface area contributed by atoms with Gasteiger partial charge in [-0.3, -0.25) is 4.79 Å². The topological polar surface area (TPSA) is 72.6 Å². The number of carbonyl (C=O) groups excluding carboxylic acids is 1. The van der Waals surface area contributed by atoms with E-state index >= 15 is 0 Å². The van der Waals surface area contributed by atoms with Crippen LogP contribution in [0.15, 0.2) is 0 Å². The second kappa shape index (κ2) is 5.28. The van der Waals surface area contributed by atoms with Gasteiger partial charge in [-0.15, -0.1) is 0 Å². The van der Waals surface area contributed by atoms with Crippen LogP contribution in [-0.2, 0) is 9.53 Å². The maximum atomic E-state index is 12.0. The van der Waals surface area contributed by atoms with Crippen molar-refractivity contribution in [3.63, 3.8) is 0 Å². The van der Waals surface area contributed by atoms with Crippen molar-refractivity contribution in [2.24, 2.45) is 40.2 Å². The number of ketones is 1. The lowest BCUT2D eigenvalue weighted by molar-refractivity contribution is -0.167. The summed E-state index contributed by atoms with van der Waals surface area (Å²) in [4.78, 5) is 12.0. The molecule has 0 aromatic rings. The van der Waals surface area contributed by atoms with Gasteiger partial charge in [0.25, 0.3) is 0 Å². The van der Waals surface area contributed by atoms with Crippen LogP contribution in [0.25, 0.3) is 0 Å². The molecule has 4 heteroatoms. The van der Waals surface area contributed by atoms with Gasteiger partial charge < -0.3 is 15.6 Å². The molecule has 1 unspecified atom stereocenters. The highest BCUT2D eigenvalue weighted by molar-refractivity contribution is 5.79. The van der Waals surface area contributed by atoms with Crippen molar-refractivity contribution in [1.29, 1.82) is 0 Å². The van der Waals surface area contributed by atoms with Crippen molar-refractivity contribution in [1.82, 2.24) is 0 Å². The van der Waals surface area contributed by atoms with Gasteiger partial charge in [-0.05, 0) is 55.3 Å². The Hall–Kier alpha value is -0.450. The smallest absolute Gasteiger partial charge is 0.133 e. The molecule has 4 nitrogen and oxygen atoms in total. The number of rotatable bonds is 1. The van der Waals surface area contributed by atoms with Crippen molar-refractivity contribution >= 4 is 5.78 Å². The summed E-state index contributed by atoms with van der Waals surface area (Å²) in [6, 6.07) is 0. The highest BCUT2D eigenvalue weighted by Crippen LogP contribution is 2.67. The zero-order chi connectivity index (χ0) is 17.3. The van der Waals surface area contributed by atoms with Crippen LogP contribution in [0.2, 0.25) is 0 Å². The van der Waals surface area contributed by atoms with Gasteiger partial charge in [-0.2, -0.15) is 0 Å². The minimum atomic E-state index is -0.703. The molecule has 0 amide bonds. The molecule has 0 bridgehead atoms. The van der Waals surface area contributed by atoms with E-state index in [-0.39, 0.29) is 22.9 Å². The van der Waals surface area contributed by atoms with E-state index in [1.54, 1.807) is 7.11 Å². The maximum absolute atomic E-state index is 12.0. The Morgan fingerprint density at radius 2 is 1.92 bits per heavy atom. The molecule has 8 atom stereocenters. The van der Waals surface area contributed by atoms with Gasteiger partial charge in [0.15, 0.2) is 0 Å². The molecule has 4 aliphatic carbocycles. The van der Waals surface area contributed by atoms with Crippen LogP contribution >= 0.6 is 0 Å². The molecule has 0 aromatic heterocycles. The normalized spacial score (nSPS) is 57.2. The Kier molecular flexibility index (Phi) is 3.73. The van der Waals surface area contributed by atoms with E-state index in [2.05, 4.69) is 13.8 Å². The summed E-state index contributed by atoms with van der Waals surface area (Å²) in [5.74, 6) is 2.36. The average molecular weight is 335 g/mol. The fourth-order valence-corrected chi connectivity index (χ4v) is 7.45. The number of fused-ring (bicyclic) bond motifs is 5. The Balaban J connectivity index is 1.71. The SMILES string of the molecule is COC1(N)C[C@H](O)[C@@]2(C)CC[C@H]3[C@@H](CC[C@H]4CC(=O)CC[C@@]43C)[C@H]12. The Morgan fingerprint density at radius 3 is 2.62 bits per heavy atom. The second-order valence-corrected chi connectivity index (χ2v) is 9.69. The monoisotopic (exact) mass is 335 g/mol.